The Bertz CT molecular complexity index is 298. The number of halogens is 2. The van der Waals surface area contributed by atoms with Gasteiger partial charge in [-0.05, 0) is 33.6 Å². The Morgan fingerprint density at radius 3 is 1.63 bits per heavy atom. The molecule has 0 amide bonds. The third-order valence-electron chi connectivity index (χ3n) is 5.23. The number of hydrogen-bond acceptors (Lipinski definition) is 2. The molecule has 0 aromatic heterocycles. The molecule has 4 heteroatoms. The van der Waals surface area contributed by atoms with E-state index in [1.165, 1.54) is 83.5 Å². The minimum Gasteiger partial charge on any atom is -0.392 e. The molecule has 2 unspecified atom stereocenters. The minimum atomic E-state index is -0.302. The summed E-state index contributed by atoms with van der Waals surface area (Å²) in [4.78, 5) is 0. The summed E-state index contributed by atoms with van der Waals surface area (Å²) in [6.45, 7) is 9.08. The lowest BCUT2D eigenvalue weighted by Gasteiger charge is -2.29. The van der Waals surface area contributed by atoms with E-state index in [0.717, 1.165) is 12.8 Å². The average Bonchev–Trinajstić information content (AvgIpc) is 2.57. The van der Waals surface area contributed by atoms with Crippen molar-refractivity contribution in [1.29, 1.82) is 0 Å². The normalized spacial score (nSPS) is 14.0. The van der Waals surface area contributed by atoms with Gasteiger partial charge in [0.25, 0.3) is 0 Å². The zero-order chi connectivity index (χ0) is 19.7. The third-order valence-corrected chi connectivity index (χ3v) is 5.60. The van der Waals surface area contributed by atoms with Crippen molar-refractivity contribution in [2.75, 3.05) is 6.54 Å². The van der Waals surface area contributed by atoms with Gasteiger partial charge in [0.15, 0.2) is 0 Å². The van der Waals surface area contributed by atoms with Crippen molar-refractivity contribution in [2.24, 2.45) is 0 Å². The number of unbranched alkanes of at least 4 members (excludes halogenated alkanes) is 12. The van der Waals surface area contributed by atoms with Crippen LogP contribution in [0.15, 0.2) is 0 Å². The standard InChI is InChI=1S/C23H48ClNO.ClH/c1-5-6-7-8-9-10-11-12-13-14-15-16-17-18-22(24)19-23(3,4)25-20-21(2)26;/h21-22,25-26H,5-20H2,1-4H3;1H. The summed E-state index contributed by atoms with van der Waals surface area (Å²) in [6.07, 6.45) is 19.9. The van der Waals surface area contributed by atoms with Crippen LogP contribution < -0.4 is 5.32 Å². The lowest BCUT2D eigenvalue weighted by atomic mass is 9.95. The van der Waals surface area contributed by atoms with E-state index in [1.54, 1.807) is 0 Å². The van der Waals surface area contributed by atoms with Crippen molar-refractivity contribution in [3.05, 3.63) is 0 Å². The van der Waals surface area contributed by atoms with E-state index in [0.29, 0.717) is 6.54 Å². The Labute approximate surface area is 182 Å². The topological polar surface area (TPSA) is 32.3 Å². The second-order valence-corrected chi connectivity index (χ2v) is 9.56. The fraction of sp³-hybridized carbons (Fsp3) is 1.00. The van der Waals surface area contributed by atoms with Gasteiger partial charge in [-0.15, -0.1) is 24.0 Å². The molecule has 2 atom stereocenters. The Morgan fingerprint density at radius 1 is 0.815 bits per heavy atom. The second-order valence-electron chi connectivity index (χ2n) is 8.95. The molecule has 0 heterocycles. The van der Waals surface area contributed by atoms with Gasteiger partial charge in [-0.25, -0.2) is 0 Å². The molecule has 0 aromatic carbocycles. The SMILES string of the molecule is CCCCCCCCCCCCCCCC(Cl)CC(C)(C)NCC(C)O.Cl. The highest BCUT2D eigenvalue weighted by Crippen LogP contribution is 2.21. The highest BCUT2D eigenvalue weighted by atomic mass is 35.5. The zero-order valence-corrected chi connectivity index (χ0v) is 20.3. The summed E-state index contributed by atoms with van der Waals surface area (Å²) in [6, 6.07) is 0. The maximum absolute atomic E-state index is 9.39. The van der Waals surface area contributed by atoms with Crippen molar-refractivity contribution >= 4 is 24.0 Å². The number of alkyl halides is 1. The van der Waals surface area contributed by atoms with Crippen LogP contribution in [0.2, 0.25) is 0 Å². The minimum absolute atomic E-state index is 0. The highest BCUT2D eigenvalue weighted by molar-refractivity contribution is 6.20. The molecule has 0 aliphatic rings. The molecule has 0 spiro atoms. The molecule has 0 rings (SSSR count). The molecule has 0 bridgehead atoms. The van der Waals surface area contributed by atoms with Gasteiger partial charge in [-0.3, -0.25) is 0 Å². The maximum Gasteiger partial charge on any atom is 0.0636 e. The molecule has 0 fully saturated rings. The van der Waals surface area contributed by atoms with Crippen LogP contribution in [0.25, 0.3) is 0 Å². The van der Waals surface area contributed by atoms with Gasteiger partial charge in [0, 0.05) is 17.5 Å². The molecule has 0 aliphatic carbocycles. The average molecular weight is 427 g/mol. The summed E-state index contributed by atoms with van der Waals surface area (Å²) in [5.74, 6) is 0. The monoisotopic (exact) mass is 425 g/mol. The zero-order valence-electron chi connectivity index (χ0n) is 18.7. The molecule has 0 aromatic rings. The van der Waals surface area contributed by atoms with Crippen molar-refractivity contribution in [1.82, 2.24) is 5.32 Å². The van der Waals surface area contributed by atoms with Crippen molar-refractivity contribution in [3.8, 4) is 0 Å². The molecule has 2 N–H and O–H groups in total. The van der Waals surface area contributed by atoms with Gasteiger partial charge in [0.2, 0.25) is 0 Å². The van der Waals surface area contributed by atoms with E-state index in [1.807, 2.05) is 6.92 Å². The Balaban J connectivity index is 0. The smallest absolute Gasteiger partial charge is 0.0636 e. The summed E-state index contributed by atoms with van der Waals surface area (Å²) < 4.78 is 0. The molecule has 166 valence electrons. The molecular weight excluding hydrogens is 377 g/mol. The van der Waals surface area contributed by atoms with E-state index >= 15 is 0 Å². The van der Waals surface area contributed by atoms with Crippen LogP contribution in [0.4, 0.5) is 0 Å². The van der Waals surface area contributed by atoms with E-state index in [2.05, 4.69) is 26.1 Å². The van der Waals surface area contributed by atoms with Crippen molar-refractivity contribution in [2.45, 2.75) is 141 Å². The summed E-state index contributed by atoms with van der Waals surface area (Å²) in [7, 11) is 0. The van der Waals surface area contributed by atoms with Crippen LogP contribution in [0.1, 0.15) is 124 Å². The van der Waals surface area contributed by atoms with E-state index in [4.69, 9.17) is 11.6 Å². The number of hydrogen-bond donors (Lipinski definition) is 2. The lowest BCUT2D eigenvalue weighted by molar-refractivity contribution is 0.174. The summed E-state index contributed by atoms with van der Waals surface area (Å²) >= 11 is 6.52. The predicted octanol–water partition coefficient (Wildman–Crippen LogP) is 7.64. The second kappa shape index (κ2) is 19.8. The van der Waals surface area contributed by atoms with Crippen molar-refractivity contribution < 1.29 is 5.11 Å². The van der Waals surface area contributed by atoms with Crippen LogP contribution in [0, 0.1) is 0 Å². The van der Waals surface area contributed by atoms with Gasteiger partial charge in [-0.2, -0.15) is 0 Å². The van der Waals surface area contributed by atoms with Gasteiger partial charge in [0.1, 0.15) is 0 Å². The van der Waals surface area contributed by atoms with Crippen LogP contribution >= 0.6 is 24.0 Å². The van der Waals surface area contributed by atoms with Crippen LogP contribution in [0.3, 0.4) is 0 Å². The molecule has 27 heavy (non-hydrogen) atoms. The molecule has 0 radical (unpaired) electrons. The van der Waals surface area contributed by atoms with Crippen LogP contribution in [-0.4, -0.2) is 28.7 Å². The van der Waals surface area contributed by atoms with Crippen molar-refractivity contribution in [3.63, 3.8) is 0 Å². The van der Waals surface area contributed by atoms with Gasteiger partial charge >= 0.3 is 0 Å². The quantitative estimate of drug-likeness (QED) is 0.164. The first kappa shape index (κ1) is 29.7. The summed E-state index contributed by atoms with van der Waals surface area (Å²) in [5, 5.41) is 13.0. The number of nitrogens with one attached hydrogen (secondary N) is 1. The number of aliphatic hydroxyl groups excluding tert-OH is 1. The Kier molecular flexibility index (Phi) is 21.8. The summed E-state index contributed by atoms with van der Waals surface area (Å²) in [5.41, 5.74) is -0.0000535. The van der Waals surface area contributed by atoms with E-state index in [9.17, 15) is 5.11 Å². The molecular formula is C23H49Cl2NO. The fourth-order valence-electron chi connectivity index (χ4n) is 3.54. The first-order valence-electron chi connectivity index (χ1n) is 11.4. The third kappa shape index (κ3) is 22.7. The van der Waals surface area contributed by atoms with E-state index < -0.39 is 0 Å². The van der Waals surface area contributed by atoms with Crippen LogP contribution in [-0.2, 0) is 0 Å². The number of aliphatic hydroxyl groups is 1. The fourth-order valence-corrected chi connectivity index (χ4v) is 4.08. The Hall–Kier alpha value is 0.500. The first-order valence-corrected chi connectivity index (χ1v) is 11.9. The predicted molar refractivity (Wildman–Crippen MR) is 126 cm³/mol. The van der Waals surface area contributed by atoms with Crippen LogP contribution in [0.5, 0.6) is 0 Å². The van der Waals surface area contributed by atoms with Gasteiger partial charge in [0.05, 0.1) is 6.10 Å². The first-order chi connectivity index (χ1) is 12.4. The molecule has 0 aliphatic heterocycles. The van der Waals surface area contributed by atoms with E-state index in [-0.39, 0.29) is 29.4 Å². The number of rotatable bonds is 19. The maximum atomic E-state index is 9.39. The highest BCUT2D eigenvalue weighted by Gasteiger charge is 2.21. The largest absolute Gasteiger partial charge is 0.392 e. The molecule has 0 saturated carbocycles. The number of β-amino-alcohol motifs (C(OH)–C–C–N with tert-alkyl or cyclic N) is 1. The lowest BCUT2D eigenvalue weighted by Crippen LogP contribution is -2.44. The van der Waals surface area contributed by atoms with Gasteiger partial charge in [-0.1, -0.05) is 90.4 Å². The molecule has 0 saturated heterocycles. The molecule has 2 nitrogen and oxygen atoms in total. The Morgan fingerprint density at radius 2 is 1.22 bits per heavy atom. The van der Waals surface area contributed by atoms with Gasteiger partial charge < -0.3 is 10.4 Å².